The van der Waals surface area contributed by atoms with Gasteiger partial charge in [-0.3, -0.25) is 0 Å². The topological polar surface area (TPSA) is 56.7 Å². The van der Waals surface area contributed by atoms with Gasteiger partial charge in [-0.1, -0.05) is 11.3 Å². The lowest BCUT2D eigenvalue weighted by Gasteiger charge is -2.01. The van der Waals surface area contributed by atoms with Crippen molar-refractivity contribution in [3.63, 3.8) is 0 Å². The minimum Gasteiger partial charge on any atom is -0.381 e. The molecule has 0 atom stereocenters. The van der Waals surface area contributed by atoms with Gasteiger partial charge < -0.3 is 5.73 Å². The fraction of sp³-hybridized carbons (Fsp3) is 0. The first-order chi connectivity index (χ1) is 6.68. The van der Waals surface area contributed by atoms with E-state index in [9.17, 15) is 8.78 Å². The average molecular weight is 196 g/mol. The first-order valence-electron chi connectivity index (χ1n) is 3.80. The summed E-state index contributed by atoms with van der Waals surface area (Å²) in [5, 5.41) is 6.99. The second-order valence-corrected chi connectivity index (χ2v) is 2.66. The molecule has 0 spiro atoms. The third kappa shape index (κ3) is 1.30. The summed E-state index contributed by atoms with van der Waals surface area (Å²) < 4.78 is 27.1. The molecule has 0 unspecified atom stereocenters. The van der Waals surface area contributed by atoms with Crippen LogP contribution in [0.5, 0.6) is 0 Å². The molecule has 0 saturated heterocycles. The van der Waals surface area contributed by atoms with Crippen molar-refractivity contribution < 1.29 is 8.78 Å². The standard InChI is InChI=1S/C8H6F2N4/c9-5-2-1-3-6(8(5)10)14-4-7(11)12-13-14/h1-4H,11H2. The summed E-state index contributed by atoms with van der Waals surface area (Å²) in [6, 6.07) is 3.79. The maximum absolute atomic E-state index is 13.2. The van der Waals surface area contributed by atoms with Crippen molar-refractivity contribution in [3.05, 3.63) is 36.0 Å². The van der Waals surface area contributed by atoms with Crippen LogP contribution in [0.2, 0.25) is 0 Å². The minimum absolute atomic E-state index is 0.0193. The van der Waals surface area contributed by atoms with E-state index in [2.05, 4.69) is 10.3 Å². The highest BCUT2D eigenvalue weighted by Gasteiger charge is 2.10. The van der Waals surface area contributed by atoms with E-state index >= 15 is 0 Å². The first kappa shape index (κ1) is 8.61. The number of halogens is 2. The first-order valence-corrected chi connectivity index (χ1v) is 3.80. The third-order valence-electron chi connectivity index (χ3n) is 1.69. The molecule has 0 aliphatic rings. The molecule has 72 valence electrons. The second-order valence-electron chi connectivity index (χ2n) is 2.66. The Hall–Kier alpha value is -1.98. The van der Waals surface area contributed by atoms with Gasteiger partial charge >= 0.3 is 0 Å². The molecule has 0 aliphatic heterocycles. The van der Waals surface area contributed by atoms with E-state index < -0.39 is 11.6 Å². The number of rotatable bonds is 1. The Bertz CT molecular complexity index is 466. The number of nitrogens with two attached hydrogens (primary N) is 1. The van der Waals surface area contributed by atoms with Gasteiger partial charge in [0.1, 0.15) is 5.69 Å². The molecule has 1 heterocycles. The highest BCUT2D eigenvalue weighted by molar-refractivity contribution is 5.35. The van der Waals surface area contributed by atoms with E-state index in [4.69, 9.17) is 5.73 Å². The molecule has 0 radical (unpaired) electrons. The molecule has 0 amide bonds. The van der Waals surface area contributed by atoms with Crippen LogP contribution in [0.1, 0.15) is 0 Å². The molecule has 2 N–H and O–H groups in total. The van der Waals surface area contributed by atoms with Crippen LogP contribution in [-0.4, -0.2) is 15.0 Å². The van der Waals surface area contributed by atoms with E-state index in [1.165, 1.54) is 18.3 Å². The predicted molar refractivity (Wildman–Crippen MR) is 45.7 cm³/mol. The number of nitrogen functional groups attached to an aromatic ring is 1. The molecule has 1 aromatic carbocycles. The van der Waals surface area contributed by atoms with Gasteiger partial charge in [0.15, 0.2) is 17.5 Å². The lowest BCUT2D eigenvalue weighted by atomic mass is 10.3. The summed E-state index contributed by atoms with van der Waals surface area (Å²) in [5.74, 6) is -1.76. The molecule has 0 aliphatic carbocycles. The molecule has 6 heteroatoms. The molecule has 0 saturated carbocycles. The molecule has 4 nitrogen and oxygen atoms in total. The summed E-state index contributed by atoms with van der Waals surface area (Å²) in [6.45, 7) is 0. The number of aromatic nitrogens is 3. The fourth-order valence-electron chi connectivity index (χ4n) is 1.06. The van der Waals surface area contributed by atoms with Crippen molar-refractivity contribution in [1.29, 1.82) is 0 Å². The van der Waals surface area contributed by atoms with E-state index in [0.717, 1.165) is 10.7 Å². The van der Waals surface area contributed by atoms with Crippen LogP contribution in [0.3, 0.4) is 0 Å². The van der Waals surface area contributed by atoms with Crippen LogP contribution in [0.15, 0.2) is 24.4 Å². The van der Waals surface area contributed by atoms with Gasteiger partial charge in [0.2, 0.25) is 0 Å². The predicted octanol–water partition coefficient (Wildman–Crippen LogP) is 1.13. The molecular formula is C8H6F2N4. The van der Waals surface area contributed by atoms with Gasteiger partial charge in [-0.25, -0.2) is 13.5 Å². The fourth-order valence-corrected chi connectivity index (χ4v) is 1.06. The average Bonchev–Trinajstić information content (AvgIpc) is 2.57. The highest BCUT2D eigenvalue weighted by atomic mass is 19.2. The summed E-state index contributed by atoms with van der Waals surface area (Å²) in [4.78, 5) is 0. The zero-order valence-electron chi connectivity index (χ0n) is 6.98. The van der Waals surface area contributed by atoms with Gasteiger partial charge in [0.25, 0.3) is 0 Å². The van der Waals surface area contributed by atoms with Gasteiger partial charge in [-0.05, 0) is 12.1 Å². The number of hydrogen-bond donors (Lipinski definition) is 1. The van der Waals surface area contributed by atoms with Crippen molar-refractivity contribution in [2.24, 2.45) is 0 Å². The largest absolute Gasteiger partial charge is 0.381 e. The van der Waals surface area contributed by atoms with Crippen molar-refractivity contribution in [2.75, 3.05) is 5.73 Å². The van der Waals surface area contributed by atoms with E-state index in [1.54, 1.807) is 0 Å². The van der Waals surface area contributed by atoms with Crippen molar-refractivity contribution in [1.82, 2.24) is 15.0 Å². The Morgan fingerprint density at radius 1 is 1.29 bits per heavy atom. The molecule has 2 aromatic rings. The lowest BCUT2D eigenvalue weighted by molar-refractivity contribution is 0.500. The lowest BCUT2D eigenvalue weighted by Crippen LogP contribution is -2.00. The monoisotopic (exact) mass is 196 g/mol. The Morgan fingerprint density at radius 2 is 2.07 bits per heavy atom. The summed E-state index contributed by atoms with van der Waals surface area (Å²) in [6.07, 6.45) is 1.30. The van der Waals surface area contributed by atoms with Gasteiger partial charge in [-0.15, -0.1) is 5.10 Å². The Balaban J connectivity index is 2.57. The molecule has 0 bridgehead atoms. The summed E-state index contributed by atoms with van der Waals surface area (Å²) in [5.41, 5.74) is 5.27. The maximum atomic E-state index is 13.2. The van der Waals surface area contributed by atoms with E-state index in [1.807, 2.05) is 0 Å². The van der Waals surface area contributed by atoms with Gasteiger partial charge in [0, 0.05) is 0 Å². The molecule has 2 rings (SSSR count). The molecule has 14 heavy (non-hydrogen) atoms. The van der Waals surface area contributed by atoms with Crippen LogP contribution in [-0.2, 0) is 0 Å². The Morgan fingerprint density at radius 3 is 2.71 bits per heavy atom. The van der Waals surface area contributed by atoms with Crippen LogP contribution in [0, 0.1) is 11.6 Å². The van der Waals surface area contributed by atoms with Crippen LogP contribution in [0.4, 0.5) is 14.6 Å². The smallest absolute Gasteiger partial charge is 0.184 e. The summed E-state index contributed by atoms with van der Waals surface area (Å²) in [7, 11) is 0. The third-order valence-corrected chi connectivity index (χ3v) is 1.69. The van der Waals surface area contributed by atoms with E-state index in [0.29, 0.717) is 0 Å². The minimum atomic E-state index is -0.975. The normalized spacial score (nSPS) is 10.4. The second kappa shape index (κ2) is 3.06. The number of benzene rings is 1. The number of hydrogen-bond acceptors (Lipinski definition) is 3. The highest BCUT2D eigenvalue weighted by Crippen LogP contribution is 2.15. The Kier molecular flexibility index (Phi) is 1.88. The molecule has 1 aromatic heterocycles. The Labute approximate surface area is 78.0 Å². The quantitative estimate of drug-likeness (QED) is 0.743. The molecule has 0 fully saturated rings. The van der Waals surface area contributed by atoms with E-state index in [-0.39, 0.29) is 11.5 Å². The van der Waals surface area contributed by atoms with Crippen LogP contribution in [0.25, 0.3) is 5.69 Å². The zero-order valence-corrected chi connectivity index (χ0v) is 6.98. The van der Waals surface area contributed by atoms with Crippen LogP contribution >= 0.6 is 0 Å². The van der Waals surface area contributed by atoms with Crippen molar-refractivity contribution in [3.8, 4) is 5.69 Å². The maximum Gasteiger partial charge on any atom is 0.184 e. The molecular weight excluding hydrogens is 190 g/mol. The zero-order chi connectivity index (χ0) is 10.1. The SMILES string of the molecule is Nc1cn(-c2cccc(F)c2F)nn1. The van der Waals surface area contributed by atoms with Gasteiger partial charge in [-0.2, -0.15) is 0 Å². The number of nitrogens with zero attached hydrogens (tertiary/aromatic N) is 3. The number of anilines is 1. The van der Waals surface area contributed by atoms with Gasteiger partial charge in [0.05, 0.1) is 6.20 Å². The van der Waals surface area contributed by atoms with Crippen LogP contribution < -0.4 is 5.73 Å². The van der Waals surface area contributed by atoms with Crippen molar-refractivity contribution >= 4 is 5.82 Å². The summed E-state index contributed by atoms with van der Waals surface area (Å²) >= 11 is 0. The van der Waals surface area contributed by atoms with Crippen molar-refractivity contribution in [2.45, 2.75) is 0 Å².